The molecule has 0 amide bonds. The monoisotopic (exact) mass is 252 g/mol. The lowest BCUT2D eigenvalue weighted by Gasteiger charge is -2.37. The van der Waals surface area contributed by atoms with Crippen LogP contribution in [0.25, 0.3) is 0 Å². The Hall–Kier alpha value is -1.96. The average molecular weight is 252 g/mol. The van der Waals surface area contributed by atoms with Crippen LogP contribution in [0.1, 0.15) is 24.5 Å². The van der Waals surface area contributed by atoms with Gasteiger partial charge in [-0.3, -0.25) is 0 Å². The molecule has 19 heavy (non-hydrogen) atoms. The lowest BCUT2D eigenvalue weighted by atomic mass is 9.96. The van der Waals surface area contributed by atoms with Crippen LogP contribution in [-0.4, -0.2) is 6.04 Å². The molecule has 0 aliphatic carbocycles. The summed E-state index contributed by atoms with van der Waals surface area (Å²) in [5.41, 5.74) is 10.8. The van der Waals surface area contributed by atoms with E-state index in [4.69, 9.17) is 5.73 Å². The molecular weight excluding hydrogens is 232 g/mol. The fraction of sp³-hybridized carbons (Fsp3) is 0.294. The van der Waals surface area contributed by atoms with Crippen molar-refractivity contribution in [1.29, 1.82) is 0 Å². The lowest BCUT2D eigenvalue weighted by molar-refractivity contribution is 0.560. The van der Waals surface area contributed by atoms with Crippen LogP contribution >= 0.6 is 0 Å². The summed E-state index contributed by atoms with van der Waals surface area (Å²) in [6.45, 7) is 3.27. The van der Waals surface area contributed by atoms with Gasteiger partial charge in [-0.1, -0.05) is 30.3 Å². The van der Waals surface area contributed by atoms with E-state index in [1.165, 1.54) is 29.7 Å². The predicted octanol–water partition coefficient (Wildman–Crippen LogP) is 3.61. The van der Waals surface area contributed by atoms with Crippen LogP contribution in [-0.2, 0) is 13.0 Å². The minimum absolute atomic E-state index is 0.590. The number of hydrogen-bond acceptors (Lipinski definition) is 2. The number of nitrogen functional groups attached to an aromatic ring is 1. The Kier molecular flexibility index (Phi) is 3.16. The summed E-state index contributed by atoms with van der Waals surface area (Å²) in [5, 5.41) is 0. The van der Waals surface area contributed by atoms with Gasteiger partial charge in [-0.2, -0.15) is 0 Å². The maximum Gasteiger partial charge on any atom is 0.0432 e. The summed E-state index contributed by atoms with van der Waals surface area (Å²) in [5.74, 6) is 0. The quantitative estimate of drug-likeness (QED) is 0.827. The van der Waals surface area contributed by atoms with Crippen LogP contribution < -0.4 is 10.6 Å². The summed E-state index contributed by atoms with van der Waals surface area (Å²) in [7, 11) is 0. The van der Waals surface area contributed by atoms with E-state index in [2.05, 4.69) is 48.2 Å². The third-order valence-electron chi connectivity index (χ3n) is 4.00. The summed E-state index contributed by atoms with van der Waals surface area (Å²) in [6.07, 6.45) is 2.42. The highest BCUT2D eigenvalue weighted by Crippen LogP contribution is 2.31. The van der Waals surface area contributed by atoms with E-state index < -0.39 is 0 Å². The SMILES string of the molecule is CC1CCc2ccccc2N1Cc1ccc(N)cc1. The topological polar surface area (TPSA) is 29.3 Å². The molecule has 2 heteroatoms. The number of benzene rings is 2. The van der Waals surface area contributed by atoms with Gasteiger partial charge in [0.15, 0.2) is 0 Å². The second-order valence-corrected chi connectivity index (χ2v) is 5.39. The minimum Gasteiger partial charge on any atom is -0.399 e. The zero-order valence-corrected chi connectivity index (χ0v) is 11.3. The molecular formula is C17H20N2. The molecule has 2 aromatic rings. The molecule has 0 aromatic heterocycles. The summed E-state index contributed by atoms with van der Waals surface area (Å²) < 4.78 is 0. The third-order valence-corrected chi connectivity index (χ3v) is 4.00. The summed E-state index contributed by atoms with van der Waals surface area (Å²) >= 11 is 0. The minimum atomic E-state index is 0.590. The van der Waals surface area contributed by atoms with Crippen molar-refractivity contribution in [2.24, 2.45) is 0 Å². The highest BCUT2D eigenvalue weighted by Gasteiger charge is 2.22. The van der Waals surface area contributed by atoms with Gasteiger partial charge in [0.2, 0.25) is 0 Å². The Labute approximate surface area is 114 Å². The number of nitrogens with zero attached hydrogens (tertiary/aromatic N) is 1. The van der Waals surface area contributed by atoms with Gasteiger partial charge in [-0.15, -0.1) is 0 Å². The summed E-state index contributed by atoms with van der Waals surface area (Å²) in [6, 6.07) is 17.6. The average Bonchev–Trinajstić information content (AvgIpc) is 2.44. The molecule has 0 fully saturated rings. The molecule has 0 radical (unpaired) electrons. The maximum atomic E-state index is 5.75. The van der Waals surface area contributed by atoms with Crippen LogP contribution in [0, 0.1) is 0 Å². The molecule has 2 nitrogen and oxygen atoms in total. The van der Waals surface area contributed by atoms with E-state index in [0.29, 0.717) is 6.04 Å². The van der Waals surface area contributed by atoms with Gasteiger partial charge in [-0.05, 0) is 49.1 Å². The third kappa shape index (κ3) is 2.43. The van der Waals surface area contributed by atoms with Crippen LogP contribution in [0.15, 0.2) is 48.5 Å². The molecule has 1 atom stereocenters. The van der Waals surface area contributed by atoms with Gasteiger partial charge in [0.1, 0.15) is 0 Å². The van der Waals surface area contributed by atoms with Crippen molar-refractivity contribution in [2.45, 2.75) is 32.4 Å². The van der Waals surface area contributed by atoms with Crippen LogP contribution in [0.4, 0.5) is 11.4 Å². The second kappa shape index (κ2) is 4.96. The fourth-order valence-electron chi connectivity index (χ4n) is 2.82. The number of hydrogen-bond donors (Lipinski definition) is 1. The van der Waals surface area contributed by atoms with Crippen LogP contribution in [0.5, 0.6) is 0 Å². The van der Waals surface area contributed by atoms with E-state index in [-0.39, 0.29) is 0 Å². The lowest BCUT2D eigenvalue weighted by Crippen LogP contribution is -2.36. The van der Waals surface area contributed by atoms with Crippen LogP contribution in [0.2, 0.25) is 0 Å². The smallest absolute Gasteiger partial charge is 0.0432 e. The molecule has 3 rings (SSSR count). The Morgan fingerprint density at radius 3 is 2.63 bits per heavy atom. The van der Waals surface area contributed by atoms with Crippen molar-refractivity contribution in [3.8, 4) is 0 Å². The Morgan fingerprint density at radius 1 is 1.11 bits per heavy atom. The second-order valence-electron chi connectivity index (χ2n) is 5.39. The molecule has 1 heterocycles. The Morgan fingerprint density at radius 2 is 1.84 bits per heavy atom. The molecule has 98 valence electrons. The molecule has 1 aliphatic heterocycles. The van der Waals surface area contributed by atoms with Crippen molar-refractivity contribution in [1.82, 2.24) is 0 Å². The zero-order chi connectivity index (χ0) is 13.2. The first-order valence-electron chi connectivity index (χ1n) is 6.93. The summed E-state index contributed by atoms with van der Waals surface area (Å²) in [4.78, 5) is 2.50. The van der Waals surface area contributed by atoms with E-state index in [1.807, 2.05) is 12.1 Å². The highest BCUT2D eigenvalue weighted by atomic mass is 15.2. The van der Waals surface area contributed by atoms with E-state index in [0.717, 1.165) is 12.2 Å². The number of para-hydroxylation sites is 1. The first-order valence-corrected chi connectivity index (χ1v) is 6.93. The number of aryl methyl sites for hydroxylation is 1. The molecule has 1 unspecified atom stereocenters. The zero-order valence-electron chi connectivity index (χ0n) is 11.3. The standard InChI is InChI=1S/C17H20N2/c1-13-6-9-15-4-2-3-5-17(15)19(13)12-14-7-10-16(18)11-8-14/h2-5,7-8,10-11,13H,6,9,12,18H2,1H3. The first-order chi connectivity index (χ1) is 9.24. The molecule has 1 aliphatic rings. The number of fused-ring (bicyclic) bond motifs is 1. The molecule has 2 N–H and O–H groups in total. The van der Waals surface area contributed by atoms with Gasteiger partial charge in [0.05, 0.1) is 0 Å². The van der Waals surface area contributed by atoms with Crippen molar-refractivity contribution in [3.05, 3.63) is 59.7 Å². The van der Waals surface area contributed by atoms with Crippen molar-refractivity contribution in [2.75, 3.05) is 10.6 Å². The number of anilines is 2. The van der Waals surface area contributed by atoms with Gasteiger partial charge >= 0.3 is 0 Å². The van der Waals surface area contributed by atoms with Crippen LogP contribution in [0.3, 0.4) is 0 Å². The van der Waals surface area contributed by atoms with Crippen molar-refractivity contribution < 1.29 is 0 Å². The number of rotatable bonds is 2. The molecule has 0 spiro atoms. The van der Waals surface area contributed by atoms with Gasteiger partial charge in [-0.25, -0.2) is 0 Å². The molecule has 2 aromatic carbocycles. The fourth-order valence-corrected chi connectivity index (χ4v) is 2.82. The van der Waals surface area contributed by atoms with E-state index in [1.54, 1.807) is 0 Å². The largest absolute Gasteiger partial charge is 0.399 e. The molecule has 0 bridgehead atoms. The van der Waals surface area contributed by atoms with Crippen molar-refractivity contribution >= 4 is 11.4 Å². The van der Waals surface area contributed by atoms with Gasteiger partial charge in [0.25, 0.3) is 0 Å². The highest BCUT2D eigenvalue weighted by molar-refractivity contribution is 5.57. The van der Waals surface area contributed by atoms with Crippen molar-refractivity contribution in [3.63, 3.8) is 0 Å². The molecule has 0 saturated carbocycles. The predicted molar refractivity (Wildman–Crippen MR) is 81.3 cm³/mol. The first kappa shape index (κ1) is 12.1. The normalized spacial score (nSPS) is 18.2. The Bertz CT molecular complexity index is 560. The van der Waals surface area contributed by atoms with E-state index in [9.17, 15) is 0 Å². The number of nitrogens with two attached hydrogens (primary N) is 1. The maximum absolute atomic E-state index is 5.75. The van der Waals surface area contributed by atoms with Gasteiger partial charge < -0.3 is 10.6 Å². The van der Waals surface area contributed by atoms with Gasteiger partial charge in [0, 0.05) is 24.0 Å². The Balaban J connectivity index is 1.89. The van der Waals surface area contributed by atoms with E-state index >= 15 is 0 Å². The molecule has 0 saturated heterocycles.